The molecule has 2 aromatic rings. The lowest BCUT2D eigenvalue weighted by Gasteiger charge is -2.39. The quantitative estimate of drug-likeness (QED) is 0.661. The summed E-state index contributed by atoms with van der Waals surface area (Å²) in [5, 5.41) is 8.84. The van der Waals surface area contributed by atoms with Crippen molar-refractivity contribution in [2.24, 2.45) is 5.41 Å². The van der Waals surface area contributed by atoms with Gasteiger partial charge in [-0.1, -0.05) is 36.4 Å². The molecule has 2 N–H and O–H groups in total. The number of hydrogen-bond acceptors (Lipinski definition) is 3. The van der Waals surface area contributed by atoms with Crippen molar-refractivity contribution in [3.63, 3.8) is 0 Å². The second-order valence-corrected chi connectivity index (χ2v) is 7.37. The van der Waals surface area contributed by atoms with Crippen molar-refractivity contribution in [3.8, 4) is 0 Å². The van der Waals surface area contributed by atoms with E-state index >= 15 is 0 Å². The fourth-order valence-corrected chi connectivity index (χ4v) is 4.40. The number of hydroxylamine groups is 1. The molecule has 0 bridgehead atoms. The van der Waals surface area contributed by atoms with Gasteiger partial charge < -0.3 is 4.90 Å². The fraction of sp³-hybridized carbons (Fsp3) is 0.333. The van der Waals surface area contributed by atoms with Crippen LogP contribution in [0.3, 0.4) is 0 Å². The van der Waals surface area contributed by atoms with Crippen molar-refractivity contribution in [1.82, 2.24) is 10.4 Å². The van der Waals surface area contributed by atoms with Gasteiger partial charge in [0.1, 0.15) is 0 Å². The Balaban J connectivity index is 1.56. The van der Waals surface area contributed by atoms with Crippen LogP contribution >= 0.6 is 0 Å². The molecule has 1 saturated heterocycles. The summed E-state index contributed by atoms with van der Waals surface area (Å²) in [4.78, 5) is 26.9. The number of amides is 2. The zero-order valence-corrected chi connectivity index (χ0v) is 14.6. The van der Waals surface area contributed by atoms with Crippen LogP contribution in [0.5, 0.6) is 0 Å². The van der Waals surface area contributed by atoms with E-state index in [9.17, 15) is 9.59 Å². The molecule has 0 aromatic heterocycles. The highest BCUT2D eigenvalue weighted by Crippen LogP contribution is 2.44. The van der Waals surface area contributed by atoms with Gasteiger partial charge in [-0.05, 0) is 54.5 Å². The van der Waals surface area contributed by atoms with Gasteiger partial charge in [0, 0.05) is 18.7 Å². The van der Waals surface area contributed by atoms with Gasteiger partial charge in [-0.3, -0.25) is 14.8 Å². The van der Waals surface area contributed by atoms with Gasteiger partial charge in [0.2, 0.25) is 5.91 Å². The summed E-state index contributed by atoms with van der Waals surface area (Å²) in [6.45, 7) is 1.44. The summed E-state index contributed by atoms with van der Waals surface area (Å²) < 4.78 is 0. The molecular formula is C21H22N2O3. The Bertz CT molecular complexity index is 850. The summed E-state index contributed by atoms with van der Waals surface area (Å²) in [5.74, 6) is -0.300. The van der Waals surface area contributed by atoms with Crippen molar-refractivity contribution in [2.75, 3.05) is 6.54 Å². The third-order valence-electron chi connectivity index (χ3n) is 5.67. The lowest BCUT2D eigenvalue weighted by molar-refractivity contribution is -0.146. The predicted molar refractivity (Wildman–Crippen MR) is 96.6 cm³/mol. The van der Waals surface area contributed by atoms with Gasteiger partial charge in [0.15, 0.2) is 0 Å². The van der Waals surface area contributed by atoms with Gasteiger partial charge >= 0.3 is 0 Å². The van der Waals surface area contributed by atoms with Crippen LogP contribution in [-0.2, 0) is 24.2 Å². The average molecular weight is 350 g/mol. The molecule has 1 spiro atoms. The molecule has 2 aliphatic rings. The number of hydrogen-bond donors (Lipinski definition) is 2. The number of carbonyl (C=O) groups is 2. The van der Waals surface area contributed by atoms with E-state index in [2.05, 4.69) is 12.1 Å². The minimum atomic E-state index is -0.519. The minimum Gasteiger partial charge on any atom is -0.338 e. The lowest BCUT2D eigenvalue weighted by Crippen LogP contribution is -2.48. The molecule has 0 unspecified atom stereocenters. The smallest absolute Gasteiger partial charge is 0.274 e. The van der Waals surface area contributed by atoms with Gasteiger partial charge in [0.25, 0.3) is 5.91 Å². The van der Waals surface area contributed by atoms with Crippen LogP contribution in [0.4, 0.5) is 0 Å². The van der Waals surface area contributed by atoms with Gasteiger partial charge in [-0.15, -0.1) is 0 Å². The second kappa shape index (κ2) is 6.57. The molecule has 0 saturated carbocycles. The first-order valence-electron chi connectivity index (χ1n) is 9.01. The largest absolute Gasteiger partial charge is 0.338 e. The Morgan fingerprint density at radius 2 is 1.88 bits per heavy atom. The Morgan fingerprint density at radius 1 is 1.12 bits per heavy atom. The molecule has 134 valence electrons. The first-order valence-corrected chi connectivity index (χ1v) is 9.01. The monoisotopic (exact) mass is 350 g/mol. The Hall–Kier alpha value is -2.66. The molecule has 26 heavy (non-hydrogen) atoms. The molecule has 1 aliphatic heterocycles. The van der Waals surface area contributed by atoms with E-state index < -0.39 is 5.91 Å². The Kier molecular flexibility index (Phi) is 4.24. The van der Waals surface area contributed by atoms with Gasteiger partial charge in [-0.2, -0.15) is 0 Å². The van der Waals surface area contributed by atoms with Crippen molar-refractivity contribution in [3.05, 3.63) is 70.8 Å². The second-order valence-electron chi connectivity index (χ2n) is 7.37. The number of nitrogens with one attached hydrogen (secondary N) is 1. The zero-order chi connectivity index (χ0) is 18.1. The molecule has 1 aliphatic carbocycles. The number of likely N-dealkylation sites (tertiary alicyclic amines) is 1. The van der Waals surface area contributed by atoms with E-state index in [1.165, 1.54) is 0 Å². The summed E-state index contributed by atoms with van der Waals surface area (Å²) in [6.07, 6.45) is 3.27. The van der Waals surface area contributed by atoms with E-state index in [0.717, 1.165) is 42.5 Å². The van der Waals surface area contributed by atoms with Crippen LogP contribution in [0.15, 0.2) is 48.5 Å². The van der Waals surface area contributed by atoms with Crippen LogP contribution in [0.2, 0.25) is 0 Å². The van der Waals surface area contributed by atoms with Crippen molar-refractivity contribution < 1.29 is 14.8 Å². The van der Waals surface area contributed by atoms with Crippen LogP contribution in [0.25, 0.3) is 0 Å². The average Bonchev–Trinajstić information content (AvgIpc) is 3.04. The maximum Gasteiger partial charge on any atom is 0.274 e. The highest BCUT2D eigenvalue weighted by molar-refractivity contribution is 5.94. The summed E-state index contributed by atoms with van der Waals surface area (Å²) in [7, 11) is 0. The Labute approximate surface area is 152 Å². The van der Waals surface area contributed by atoms with Gasteiger partial charge in [0.05, 0.1) is 5.41 Å². The number of fused-ring (bicyclic) bond motifs is 1. The van der Waals surface area contributed by atoms with Gasteiger partial charge in [-0.25, -0.2) is 5.48 Å². The standard InChI is InChI=1S/C21H22N2O3/c24-19(22-26)16-7-8-17-12-21(13-18(17)11-16)9-4-10-23(20(21)25)14-15-5-2-1-3-6-15/h1-3,5-8,11,26H,4,9-10,12-14H2,(H,22,24)/t21-/m0/s1. The van der Waals surface area contributed by atoms with Crippen LogP contribution in [-0.4, -0.2) is 28.5 Å². The molecule has 0 radical (unpaired) electrons. The molecular weight excluding hydrogens is 328 g/mol. The van der Waals surface area contributed by atoms with E-state index in [1.807, 2.05) is 29.2 Å². The SMILES string of the molecule is O=C(NO)c1ccc2c(c1)C[C@]1(CCCN(Cc3ccccc3)C1=O)C2. The minimum absolute atomic E-state index is 0.219. The molecule has 2 amide bonds. The van der Waals surface area contributed by atoms with Crippen LogP contribution < -0.4 is 5.48 Å². The number of benzene rings is 2. The third-order valence-corrected chi connectivity index (χ3v) is 5.67. The first kappa shape index (κ1) is 16.8. The van der Waals surface area contributed by atoms with E-state index in [0.29, 0.717) is 18.5 Å². The highest BCUT2D eigenvalue weighted by Gasteiger charge is 2.47. The molecule has 1 atom stereocenters. The maximum atomic E-state index is 13.3. The van der Waals surface area contributed by atoms with Crippen molar-refractivity contribution in [2.45, 2.75) is 32.2 Å². The highest BCUT2D eigenvalue weighted by atomic mass is 16.5. The van der Waals surface area contributed by atoms with Crippen LogP contribution in [0, 0.1) is 5.41 Å². The van der Waals surface area contributed by atoms with E-state index in [1.54, 1.807) is 17.6 Å². The van der Waals surface area contributed by atoms with E-state index in [-0.39, 0.29) is 11.3 Å². The zero-order valence-electron chi connectivity index (χ0n) is 14.6. The summed E-state index contributed by atoms with van der Waals surface area (Å²) in [5.41, 5.74) is 5.04. The number of carbonyl (C=O) groups excluding carboxylic acids is 2. The molecule has 5 heteroatoms. The lowest BCUT2D eigenvalue weighted by atomic mass is 9.76. The topological polar surface area (TPSA) is 69.6 Å². The maximum absolute atomic E-state index is 13.3. The molecule has 5 nitrogen and oxygen atoms in total. The van der Waals surface area contributed by atoms with E-state index in [4.69, 9.17) is 5.21 Å². The normalized spacial score (nSPS) is 21.7. The number of piperidine rings is 1. The molecule has 1 fully saturated rings. The third kappa shape index (κ3) is 2.88. The fourth-order valence-electron chi connectivity index (χ4n) is 4.40. The first-order chi connectivity index (χ1) is 12.6. The molecule has 2 aromatic carbocycles. The van der Waals surface area contributed by atoms with Crippen molar-refractivity contribution >= 4 is 11.8 Å². The van der Waals surface area contributed by atoms with Crippen LogP contribution in [0.1, 0.15) is 39.9 Å². The summed E-state index contributed by atoms with van der Waals surface area (Å²) >= 11 is 0. The Morgan fingerprint density at radius 3 is 2.65 bits per heavy atom. The summed E-state index contributed by atoms with van der Waals surface area (Å²) in [6, 6.07) is 15.5. The molecule has 1 heterocycles. The predicted octanol–water partition coefficient (Wildman–Crippen LogP) is 2.71. The number of rotatable bonds is 3. The number of nitrogens with zero attached hydrogens (tertiary/aromatic N) is 1. The molecule has 4 rings (SSSR count). The van der Waals surface area contributed by atoms with Crippen molar-refractivity contribution in [1.29, 1.82) is 0 Å².